The van der Waals surface area contributed by atoms with Gasteiger partial charge in [0.1, 0.15) is 6.10 Å². The van der Waals surface area contributed by atoms with E-state index in [1.165, 1.54) is 19.3 Å². The van der Waals surface area contributed by atoms with Crippen molar-refractivity contribution in [2.75, 3.05) is 6.61 Å². The summed E-state index contributed by atoms with van der Waals surface area (Å²) in [7, 11) is 0. The number of rotatable bonds is 12. The summed E-state index contributed by atoms with van der Waals surface area (Å²) >= 11 is 0. The first-order valence-electron chi connectivity index (χ1n) is 11.4. The zero-order chi connectivity index (χ0) is 21.0. The number of aliphatic hydroxyl groups excluding tert-OH is 1. The molecular weight excluding hydrogens is 376 g/mol. The standard InChI is InChI=1S/C26H36O4/c1-2-3-4-11-16-28-24-17-23(29-19-21-12-7-5-8-13-21)18-25(26(24)27)30-20-22-14-9-6-10-15-22/h5-10,12-15,23-27H,2-4,11,16-20H2,1H3/t23-,24+,25+,26-/m0/s1. The molecule has 0 heterocycles. The van der Waals surface area contributed by atoms with Crippen LogP contribution in [0.4, 0.5) is 0 Å². The fraction of sp³-hybridized carbons (Fsp3) is 0.538. The number of hydrogen-bond donors (Lipinski definition) is 1. The lowest BCUT2D eigenvalue weighted by Crippen LogP contribution is -2.49. The quantitative estimate of drug-likeness (QED) is 0.482. The monoisotopic (exact) mass is 412 g/mol. The van der Waals surface area contributed by atoms with Gasteiger partial charge < -0.3 is 19.3 Å². The van der Waals surface area contributed by atoms with Gasteiger partial charge in [0.15, 0.2) is 0 Å². The van der Waals surface area contributed by atoms with Crippen molar-refractivity contribution >= 4 is 0 Å². The minimum atomic E-state index is -0.628. The van der Waals surface area contributed by atoms with Gasteiger partial charge in [0.25, 0.3) is 0 Å². The van der Waals surface area contributed by atoms with E-state index in [1.807, 2.05) is 48.5 Å². The van der Waals surface area contributed by atoms with Crippen LogP contribution in [0.3, 0.4) is 0 Å². The van der Waals surface area contributed by atoms with Gasteiger partial charge in [-0.1, -0.05) is 86.8 Å². The third-order valence-electron chi connectivity index (χ3n) is 5.72. The van der Waals surface area contributed by atoms with Crippen molar-refractivity contribution in [2.45, 2.75) is 83.1 Å². The van der Waals surface area contributed by atoms with Crippen LogP contribution in [-0.4, -0.2) is 36.1 Å². The second kappa shape index (κ2) is 12.9. The van der Waals surface area contributed by atoms with E-state index < -0.39 is 6.10 Å². The maximum absolute atomic E-state index is 10.9. The molecule has 4 heteroatoms. The number of ether oxygens (including phenoxy) is 3. The summed E-state index contributed by atoms with van der Waals surface area (Å²) in [6.07, 6.45) is 4.85. The predicted molar refractivity (Wildman–Crippen MR) is 119 cm³/mol. The van der Waals surface area contributed by atoms with Crippen molar-refractivity contribution in [2.24, 2.45) is 0 Å². The molecule has 164 valence electrons. The predicted octanol–water partition coefficient (Wildman–Crippen LogP) is 5.28. The second-order valence-corrected chi connectivity index (χ2v) is 8.19. The Morgan fingerprint density at radius 1 is 0.733 bits per heavy atom. The summed E-state index contributed by atoms with van der Waals surface area (Å²) < 4.78 is 18.4. The molecule has 1 fully saturated rings. The van der Waals surface area contributed by atoms with E-state index >= 15 is 0 Å². The van der Waals surface area contributed by atoms with Gasteiger partial charge in [0.2, 0.25) is 0 Å². The minimum Gasteiger partial charge on any atom is -0.388 e. The zero-order valence-electron chi connectivity index (χ0n) is 18.1. The Hall–Kier alpha value is -1.72. The van der Waals surface area contributed by atoms with Crippen molar-refractivity contribution in [3.8, 4) is 0 Å². The summed E-state index contributed by atoms with van der Waals surface area (Å²) in [5, 5.41) is 10.9. The lowest BCUT2D eigenvalue weighted by molar-refractivity contribution is -0.172. The molecule has 0 spiro atoms. The van der Waals surface area contributed by atoms with E-state index in [9.17, 15) is 5.11 Å². The maximum Gasteiger partial charge on any atom is 0.106 e. The molecule has 1 aliphatic carbocycles. The molecule has 0 radical (unpaired) electrons. The van der Waals surface area contributed by atoms with Gasteiger partial charge in [0, 0.05) is 19.4 Å². The number of aliphatic hydroxyl groups is 1. The van der Waals surface area contributed by atoms with Crippen LogP contribution >= 0.6 is 0 Å². The van der Waals surface area contributed by atoms with Crippen molar-refractivity contribution in [3.05, 3.63) is 71.8 Å². The van der Waals surface area contributed by atoms with Crippen molar-refractivity contribution in [1.29, 1.82) is 0 Å². The molecular formula is C26H36O4. The highest BCUT2D eigenvalue weighted by atomic mass is 16.5. The summed E-state index contributed by atoms with van der Waals surface area (Å²) in [6.45, 7) is 3.93. The molecule has 1 aliphatic rings. The van der Waals surface area contributed by atoms with Crippen molar-refractivity contribution in [3.63, 3.8) is 0 Å². The van der Waals surface area contributed by atoms with Crippen molar-refractivity contribution < 1.29 is 19.3 Å². The molecule has 2 aromatic carbocycles. The molecule has 0 aromatic heterocycles. The van der Waals surface area contributed by atoms with Crippen LogP contribution in [0, 0.1) is 0 Å². The molecule has 0 saturated heterocycles. The number of unbranched alkanes of at least 4 members (excludes halogenated alkanes) is 3. The topological polar surface area (TPSA) is 47.9 Å². The molecule has 0 aliphatic heterocycles. The van der Waals surface area contributed by atoms with Gasteiger partial charge in [0.05, 0.1) is 31.5 Å². The average Bonchev–Trinajstić information content (AvgIpc) is 2.79. The highest BCUT2D eigenvalue weighted by Crippen LogP contribution is 2.28. The molecule has 1 N–H and O–H groups in total. The first-order valence-corrected chi connectivity index (χ1v) is 11.4. The minimum absolute atomic E-state index is 0.00928. The van der Waals surface area contributed by atoms with Gasteiger partial charge in [-0.25, -0.2) is 0 Å². The van der Waals surface area contributed by atoms with Crippen molar-refractivity contribution in [1.82, 2.24) is 0 Å². The third kappa shape index (κ3) is 7.51. The van der Waals surface area contributed by atoms with E-state index in [1.54, 1.807) is 0 Å². The summed E-state index contributed by atoms with van der Waals surface area (Å²) in [4.78, 5) is 0. The van der Waals surface area contributed by atoms with Crippen LogP contribution in [0.25, 0.3) is 0 Å². The van der Waals surface area contributed by atoms with Gasteiger partial charge in [-0.2, -0.15) is 0 Å². The molecule has 0 amide bonds. The van der Waals surface area contributed by atoms with Crippen LogP contribution in [0.5, 0.6) is 0 Å². The molecule has 0 unspecified atom stereocenters. The molecule has 30 heavy (non-hydrogen) atoms. The smallest absolute Gasteiger partial charge is 0.106 e. The maximum atomic E-state index is 10.9. The Bertz CT molecular complexity index is 691. The SMILES string of the molecule is CCCCCCO[C@@H]1C[C@H](OCc2ccccc2)C[C@@H](OCc2ccccc2)[C@H]1O. The van der Waals surface area contributed by atoms with Crippen LogP contribution in [0.15, 0.2) is 60.7 Å². The van der Waals surface area contributed by atoms with Crippen LogP contribution in [-0.2, 0) is 27.4 Å². The van der Waals surface area contributed by atoms with Gasteiger partial charge in [-0.05, 0) is 17.5 Å². The summed E-state index contributed by atoms with van der Waals surface area (Å²) in [5.41, 5.74) is 2.26. The van der Waals surface area contributed by atoms with E-state index in [2.05, 4.69) is 19.1 Å². The summed E-state index contributed by atoms with van der Waals surface area (Å²) in [5.74, 6) is 0. The fourth-order valence-corrected chi connectivity index (χ4v) is 3.93. The lowest BCUT2D eigenvalue weighted by Gasteiger charge is -2.38. The van der Waals surface area contributed by atoms with E-state index in [-0.39, 0.29) is 18.3 Å². The highest BCUT2D eigenvalue weighted by molar-refractivity contribution is 5.14. The second-order valence-electron chi connectivity index (χ2n) is 8.19. The first kappa shape index (κ1) is 23.0. The zero-order valence-corrected chi connectivity index (χ0v) is 18.1. The van der Waals surface area contributed by atoms with Gasteiger partial charge in [-0.15, -0.1) is 0 Å². The molecule has 1 saturated carbocycles. The van der Waals surface area contributed by atoms with Crippen LogP contribution in [0.2, 0.25) is 0 Å². The Morgan fingerprint density at radius 3 is 1.90 bits per heavy atom. The molecule has 2 aromatic rings. The Morgan fingerprint density at radius 2 is 1.30 bits per heavy atom. The molecule has 4 nitrogen and oxygen atoms in total. The average molecular weight is 413 g/mol. The van der Waals surface area contributed by atoms with E-state index in [0.29, 0.717) is 32.7 Å². The number of benzene rings is 2. The Labute approximate surface area is 181 Å². The van der Waals surface area contributed by atoms with Gasteiger partial charge in [-0.3, -0.25) is 0 Å². The first-order chi connectivity index (χ1) is 14.8. The Kier molecular flexibility index (Phi) is 9.84. The van der Waals surface area contributed by atoms with Gasteiger partial charge >= 0.3 is 0 Å². The highest BCUT2D eigenvalue weighted by Gasteiger charge is 2.38. The third-order valence-corrected chi connectivity index (χ3v) is 5.72. The van der Waals surface area contributed by atoms with Crippen LogP contribution in [0.1, 0.15) is 56.6 Å². The Balaban J connectivity index is 1.56. The van der Waals surface area contributed by atoms with E-state index in [0.717, 1.165) is 17.5 Å². The largest absolute Gasteiger partial charge is 0.388 e. The molecule has 4 atom stereocenters. The fourth-order valence-electron chi connectivity index (χ4n) is 3.93. The van der Waals surface area contributed by atoms with Crippen LogP contribution < -0.4 is 0 Å². The molecule has 0 bridgehead atoms. The number of hydrogen-bond acceptors (Lipinski definition) is 4. The molecule has 3 rings (SSSR count). The normalized spacial score (nSPS) is 24.1. The van der Waals surface area contributed by atoms with E-state index in [4.69, 9.17) is 14.2 Å². The lowest BCUT2D eigenvalue weighted by atomic mass is 9.89. The summed E-state index contributed by atoms with van der Waals surface area (Å²) in [6, 6.07) is 20.3.